The average molecular weight is 304 g/mol. The predicted molar refractivity (Wildman–Crippen MR) is 85.8 cm³/mol. The Balaban J connectivity index is 1.80. The van der Waals surface area contributed by atoms with E-state index in [2.05, 4.69) is 28.0 Å². The first kappa shape index (κ1) is 14.3. The second-order valence-electron chi connectivity index (χ2n) is 5.62. The van der Waals surface area contributed by atoms with Crippen LogP contribution in [0.2, 0.25) is 0 Å². The van der Waals surface area contributed by atoms with E-state index in [1.54, 1.807) is 11.3 Å². The van der Waals surface area contributed by atoms with Crippen molar-refractivity contribution in [1.82, 2.24) is 14.9 Å². The highest BCUT2D eigenvalue weighted by atomic mass is 32.1. The Morgan fingerprint density at radius 3 is 3.00 bits per heavy atom. The third-order valence-corrected chi connectivity index (χ3v) is 4.79. The van der Waals surface area contributed by atoms with Crippen LogP contribution < -0.4 is 4.90 Å². The van der Waals surface area contributed by atoms with Crippen molar-refractivity contribution < 1.29 is 4.79 Å². The first-order valence-electron chi connectivity index (χ1n) is 7.29. The summed E-state index contributed by atoms with van der Waals surface area (Å²) in [6, 6.07) is 2.07. The number of carbonyl (C=O) groups is 1. The summed E-state index contributed by atoms with van der Waals surface area (Å²) in [5.74, 6) is 2.42. The number of aromatic nitrogens is 2. The van der Waals surface area contributed by atoms with E-state index in [0.29, 0.717) is 12.3 Å². The van der Waals surface area contributed by atoms with E-state index in [1.165, 1.54) is 0 Å². The molecule has 0 aromatic carbocycles. The molecule has 1 unspecified atom stereocenters. The number of aryl methyl sites for hydroxylation is 1. The van der Waals surface area contributed by atoms with E-state index in [4.69, 9.17) is 0 Å². The number of carbonyl (C=O) groups excluding carboxylic acids is 1. The Kier molecular flexibility index (Phi) is 3.80. The van der Waals surface area contributed by atoms with Crippen molar-refractivity contribution >= 4 is 33.3 Å². The zero-order chi connectivity index (χ0) is 15.0. The Labute approximate surface area is 128 Å². The fourth-order valence-corrected chi connectivity index (χ4v) is 3.79. The molecule has 3 heterocycles. The van der Waals surface area contributed by atoms with Crippen molar-refractivity contribution in [3.8, 4) is 0 Å². The van der Waals surface area contributed by atoms with Crippen molar-refractivity contribution in [2.45, 2.75) is 20.3 Å². The predicted octanol–water partition coefficient (Wildman–Crippen LogP) is 2.30. The standard InChI is InChI=1S/C15H20N4OS/c1-4-19-9-11(7-13(19)20)8-18(3)14-12-5-6-21-15(12)17-10(2)16-14/h5-6,11H,4,7-9H2,1-3H3. The van der Waals surface area contributed by atoms with E-state index in [1.807, 2.05) is 24.1 Å². The van der Waals surface area contributed by atoms with Crippen molar-refractivity contribution in [2.24, 2.45) is 5.92 Å². The average Bonchev–Trinajstić information content (AvgIpc) is 3.03. The molecule has 1 saturated heterocycles. The molecule has 1 amide bonds. The number of anilines is 1. The van der Waals surface area contributed by atoms with Gasteiger partial charge in [0.2, 0.25) is 5.91 Å². The smallest absolute Gasteiger partial charge is 0.222 e. The van der Waals surface area contributed by atoms with Gasteiger partial charge >= 0.3 is 0 Å². The molecule has 6 heteroatoms. The summed E-state index contributed by atoms with van der Waals surface area (Å²) in [6.07, 6.45) is 0.648. The van der Waals surface area contributed by atoms with E-state index < -0.39 is 0 Å². The van der Waals surface area contributed by atoms with E-state index in [9.17, 15) is 4.79 Å². The summed E-state index contributed by atoms with van der Waals surface area (Å²) >= 11 is 1.64. The molecule has 1 aliphatic heterocycles. The van der Waals surface area contributed by atoms with Crippen molar-refractivity contribution in [2.75, 3.05) is 31.6 Å². The third kappa shape index (κ3) is 2.72. The minimum absolute atomic E-state index is 0.274. The molecule has 0 bridgehead atoms. The Morgan fingerprint density at radius 2 is 2.29 bits per heavy atom. The van der Waals surface area contributed by atoms with E-state index >= 15 is 0 Å². The Hall–Kier alpha value is -1.69. The minimum Gasteiger partial charge on any atom is -0.359 e. The number of thiophene rings is 1. The van der Waals surface area contributed by atoms with Crippen LogP contribution in [0.15, 0.2) is 11.4 Å². The van der Waals surface area contributed by atoms with Gasteiger partial charge < -0.3 is 9.80 Å². The Bertz CT molecular complexity index is 669. The molecule has 0 N–H and O–H groups in total. The van der Waals surface area contributed by atoms with Gasteiger partial charge in [0.15, 0.2) is 0 Å². The van der Waals surface area contributed by atoms with Crippen LogP contribution in [0.5, 0.6) is 0 Å². The lowest BCUT2D eigenvalue weighted by Crippen LogP contribution is -2.29. The van der Waals surface area contributed by atoms with Gasteiger partial charge in [-0.3, -0.25) is 4.79 Å². The number of likely N-dealkylation sites (tertiary alicyclic amines) is 1. The van der Waals surface area contributed by atoms with Gasteiger partial charge in [-0.1, -0.05) is 0 Å². The molecule has 21 heavy (non-hydrogen) atoms. The molecule has 2 aromatic heterocycles. The van der Waals surface area contributed by atoms with Crippen molar-refractivity contribution in [3.05, 3.63) is 17.3 Å². The van der Waals surface area contributed by atoms with Crippen LogP contribution in [0.3, 0.4) is 0 Å². The molecule has 5 nitrogen and oxygen atoms in total. The fraction of sp³-hybridized carbons (Fsp3) is 0.533. The first-order valence-corrected chi connectivity index (χ1v) is 8.17. The molecular formula is C15H20N4OS. The zero-order valence-electron chi connectivity index (χ0n) is 12.7. The van der Waals surface area contributed by atoms with Crippen LogP contribution >= 0.6 is 11.3 Å². The van der Waals surface area contributed by atoms with Crippen LogP contribution in [0.4, 0.5) is 5.82 Å². The van der Waals surface area contributed by atoms with Gasteiger partial charge in [-0.05, 0) is 25.3 Å². The molecule has 1 aliphatic rings. The van der Waals surface area contributed by atoms with Crippen LogP contribution in [-0.4, -0.2) is 47.5 Å². The highest BCUT2D eigenvalue weighted by Crippen LogP contribution is 2.28. The molecular weight excluding hydrogens is 284 g/mol. The second-order valence-corrected chi connectivity index (χ2v) is 6.51. The second kappa shape index (κ2) is 5.60. The topological polar surface area (TPSA) is 49.3 Å². The molecule has 0 aliphatic carbocycles. The summed E-state index contributed by atoms with van der Waals surface area (Å²) in [6.45, 7) is 6.47. The number of nitrogens with zero attached hydrogens (tertiary/aromatic N) is 4. The van der Waals surface area contributed by atoms with Crippen molar-refractivity contribution in [3.63, 3.8) is 0 Å². The van der Waals surface area contributed by atoms with Gasteiger partial charge in [0.25, 0.3) is 0 Å². The van der Waals surface area contributed by atoms with E-state index in [-0.39, 0.29) is 5.91 Å². The largest absolute Gasteiger partial charge is 0.359 e. The number of fused-ring (bicyclic) bond motifs is 1. The number of amides is 1. The maximum atomic E-state index is 11.8. The van der Waals surface area contributed by atoms with Gasteiger partial charge in [-0.2, -0.15) is 0 Å². The molecule has 0 spiro atoms. The highest BCUT2D eigenvalue weighted by molar-refractivity contribution is 7.16. The summed E-state index contributed by atoms with van der Waals surface area (Å²) in [5.41, 5.74) is 0. The molecule has 0 radical (unpaired) electrons. The number of hydrogen-bond donors (Lipinski definition) is 0. The van der Waals surface area contributed by atoms with Crippen LogP contribution in [0.1, 0.15) is 19.2 Å². The highest BCUT2D eigenvalue weighted by Gasteiger charge is 2.29. The summed E-state index contributed by atoms with van der Waals surface area (Å²) < 4.78 is 0. The van der Waals surface area contributed by atoms with Crippen LogP contribution in [0, 0.1) is 12.8 Å². The lowest BCUT2D eigenvalue weighted by molar-refractivity contribution is -0.127. The van der Waals surface area contributed by atoms with E-state index in [0.717, 1.165) is 41.5 Å². The lowest BCUT2D eigenvalue weighted by Gasteiger charge is -2.23. The number of hydrogen-bond acceptors (Lipinski definition) is 5. The van der Waals surface area contributed by atoms with Gasteiger partial charge in [0, 0.05) is 39.0 Å². The maximum absolute atomic E-state index is 11.8. The van der Waals surface area contributed by atoms with Gasteiger partial charge in [0.1, 0.15) is 16.5 Å². The number of rotatable bonds is 4. The first-order chi connectivity index (χ1) is 10.1. The lowest BCUT2D eigenvalue weighted by atomic mass is 10.1. The van der Waals surface area contributed by atoms with Gasteiger partial charge in [0.05, 0.1) is 5.39 Å². The minimum atomic E-state index is 0.274. The fourth-order valence-electron chi connectivity index (χ4n) is 2.99. The zero-order valence-corrected chi connectivity index (χ0v) is 13.5. The molecule has 1 fully saturated rings. The van der Waals surface area contributed by atoms with Crippen molar-refractivity contribution in [1.29, 1.82) is 0 Å². The van der Waals surface area contributed by atoms with Crippen LogP contribution in [0.25, 0.3) is 10.2 Å². The quantitative estimate of drug-likeness (QED) is 0.869. The molecule has 0 saturated carbocycles. The van der Waals surface area contributed by atoms with Gasteiger partial charge in [-0.25, -0.2) is 9.97 Å². The van der Waals surface area contributed by atoms with Gasteiger partial charge in [-0.15, -0.1) is 11.3 Å². The third-order valence-electron chi connectivity index (χ3n) is 3.99. The maximum Gasteiger partial charge on any atom is 0.222 e. The normalized spacial score (nSPS) is 18.7. The summed E-state index contributed by atoms with van der Waals surface area (Å²) in [4.78, 5) is 26.0. The summed E-state index contributed by atoms with van der Waals surface area (Å²) in [5, 5.41) is 3.15. The molecule has 112 valence electrons. The molecule has 2 aromatic rings. The van der Waals surface area contributed by atoms with Crippen LogP contribution in [-0.2, 0) is 4.79 Å². The SMILES string of the molecule is CCN1CC(CN(C)c2nc(C)nc3sccc23)CC1=O. The Morgan fingerprint density at radius 1 is 1.48 bits per heavy atom. The molecule has 1 atom stereocenters. The molecule has 3 rings (SSSR count). The monoisotopic (exact) mass is 304 g/mol. The summed E-state index contributed by atoms with van der Waals surface area (Å²) in [7, 11) is 2.05.